The largest absolute Gasteiger partial charge is 3.00 e. The molecule has 0 aromatic heterocycles. The molecular weight excluding hydrogens is 200 g/mol. The minimum Gasteiger partial charge on any atom is -0.273 e. The minimum atomic E-state index is 0. The van der Waals surface area contributed by atoms with Crippen LogP contribution in [0.4, 0.5) is 0 Å². The molecule has 1 aromatic carbocycles. The molecule has 1 aromatic rings. The van der Waals surface area contributed by atoms with Gasteiger partial charge >= 0.3 is 17.1 Å². The van der Waals surface area contributed by atoms with E-state index in [0.29, 0.717) is 0 Å². The zero-order chi connectivity index (χ0) is 8.65. The second-order valence-corrected chi connectivity index (χ2v) is 2.43. The molecule has 2 rings (SSSR count). The maximum atomic E-state index is 3.60. The summed E-state index contributed by atoms with van der Waals surface area (Å²) >= 11 is 0. The van der Waals surface area contributed by atoms with Crippen molar-refractivity contribution < 1.29 is 17.1 Å². The molecule has 1 radical (unpaired) electrons. The van der Waals surface area contributed by atoms with Gasteiger partial charge < -0.3 is 0 Å². The van der Waals surface area contributed by atoms with E-state index in [1.165, 1.54) is 5.56 Å². The van der Waals surface area contributed by atoms with Crippen LogP contribution in [-0.2, 0) is 17.1 Å². The topological polar surface area (TPSA) is 0 Å². The molecule has 0 amide bonds. The van der Waals surface area contributed by atoms with Gasteiger partial charge in [-0.25, -0.2) is 18.2 Å². The van der Waals surface area contributed by atoms with E-state index in [-0.39, 0.29) is 17.1 Å². The molecule has 0 saturated carbocycles. The molecule has 13 heavy (non-hydrogen) atoms. The molecule has 0 bridgehead atoms. The van der Waals surface area contributed by atoms with Crippen molar-refractivity contribution in [3.63, 3.8) is 0 Å². The molecule has 0 fully saturated rings. The summed E-state index contributed by atoms with van der Waals surface area (Å²) in [7, 11) is 0. The summed E-state index contributed by atoms with van der Waals surface area (Å²) in [6, 6.07) is 8.04. The average molecular weight is 212 g/mol. The summed E-state index contributed by atoms with van der Waals surface area (Å²) in [5.41, 5.74) is 1.19. The molecule has 1 aliphatic carbocycles. The van der Waals surface area contributed by atoms with E-state index in [2.05, 4.69) is 18.7 Å². The second kappa shape index (κ2) is 7.72. The fraction of sp³-hybridized carbons (Fsp3) is 0.0833. The van der Waals surface area contributed by atoms with Crippen molar-refractivity contribution in [3.05, 3.63) is 60.7 Å². The molecule has 1 aliphatic rings. The first-order valence-electron chi connectivity index (χ1n) is 3.99. The average Bonchev–Trinajstić information content (AvgIpc) is 2.81. The van der Waals surface area contributed by atoms with Gasteiger partial charge in [0.05, 0.1) is 0 Å². The van der Waals surface area contributed by atoms with Gasteiger partial charge in [-0.15, -0.1) is 19.1 Å². The van der Waals surface area contributed by atoms with Crippen LogP contribution in [0.25, 0.3) is 6.08 Å². The van der Waals surface area contributed by atoms with Crippen LogP contribution in [0.5, 0.6) is 0 Å². The summed E-state index contributed by atoms with van der Waals surface area (Å²) in [5, 5.41) is 0. The van der Waals surface area contributed by atoms with Crippen LogP contribution in [0.2, 0.25) is 0 Å². The molecule has 1 heteroatoms. The van der Waals surface area contributed by atoms with Gasteiger partial charge in [0.15, 0.2) is 0 Å². The fourth-order valence-corrected chi connectivity index (χ4v) is 0.865. The fourth-order valence-electron chi connectivity index (χ4n) is 0.865. The Bertz CT molecular complexity index is 255. The van der Waals surface area contributed by atoms with Crippen LogP contribution >= 0.6 is 0 Å². The third kappa shape index (κ3) is 5.35. The first kappa shape index (κ1) is 12.1. The summed E-state index contributed by atoms with van der Waals surface area (Å²) in [6.07, 6.45) is 11.8. The van der Waals surface area contributed by atoms with E-state index in [0.717, 1.165) is 6.42 Å². The molecule has 67 valence electrons. The van der Waals surface area contributed by atoms with Gasteiger partial charge in [-0.05, 0) is 0 Å². The zero-order valence-electron chi connectivity index (χ0n) is 7.39. The third-order valence-electron chi connectivity index (χ3n) is 1.51. The molecule has 0 saturated heterocycles. The summed E-state index contributed by atoms with van der Waals surface area (Å²) in [6.45, 7) is 3.60. The van der Waals surface area contributed by atoms with Gasteiger partial charge in [0, 0.05) is 0 Å². The molecule has 0 heterocycles. The first-order chi connectivity index (χ1) is 5.93. The Balaban J connectivity index is 0.000000215. The predicted molar refractivity (Wildman–Crippen MR) is 53.7 cm³/mol. The Morgan fingerprint density at radius 2 is 2.38 bits per heavy atom. The molecule has 0 atom stereocenters. The van der Waals surface area contributed by atoms with Crippen molar-refractivity contribution >= 4 is 6.08 Å². The minimum absolute atomic E-state index is 0. The van der Waals surface area contributed by atoms with Gasteiger partial charge in [0.1, 0.15) is 0 Å². The first-order valence-corrected chi connectivity index (χ1v) is 3.99. The van der Waals surface area contributed by atoms with Crippen LogP contribution in [0, 0.1) is 6.08 Å². The number of allylic oxidation sites excluding steroid dienone is 4. The molecule has 0 nitrogen and oxygen atoms in total. The Labute approximate surface area is 90.5 Å². The van der Waals surface area contributed by atoms with E-state index < -0.39 is 0 Å². The number of hydrogen-bond donors (Lipinski definition) is 0. The van der Waals surface area contributed by atoms with Gasteiger partial charge in [0.25, 0.3) is 0 Å². The van der Waals surface area contributed by atoms with E-state index in [4.69, 9.17) is 0 Å². The van der Waals surface area contributed by atoms with E-state index in [9.17, 15) is 0 Å². The van der Waals surface area contributed by atoms with Crippen molar-refractivity contribution in [2.45, 2.75) is 6.42 Å². The van der Waals surface area contributed by atoms with Crippen molar-refractivity contribution in [2.24, 2.45) is 0 Å². The number of hydrogen-bond acceptors (Lipinski definition) is 0. The van der Waals surface area contributed by atoms with Gasteiger partial charge in [-0.1, -0.05) is 0 Å². The number of rotatable bonds is 1. The summed E-state index contributed by atoms with van der Waals surface area (Å²) in [4.78, 5) is 0. The molecule has 0 N–H and O–H groups in total. The van der Waals surface area contributed by atoms with Crippen molar-refractivity contribution in [1.82, 2.24) is 0 Å². The Morgan fingerprint density at radius 1 is 1.54 bits per heavy atom. The summed E-state index contributed by atoms with van der Waals surface area (Å²) in [5.74, 6) is 0. The van der Waals surface area contributed by atoms with Crippen LogP contribution in [0.15, 0.2) is 49.1 Å². The standard InChI is InChI=1S/C7H7.C5H5.Fe/c1-2-7-5-3-4-6-7;1-2-4-5-3-1;/h2-6H,1H2;1-3H,4H2;/q2*-1;+3. The van der Waals surface area contributed by atoms with Gasteiger partial charge in [-0.2, -0.15) is 29.8 Å². The van der Waals surface area contributed by atoms with Crippen molar-refractivity contribution in [1.29, 1.82) is 0 Å². The maximum absolute atomic E-state index is 3.60. The smallest absolute Gasteiger partial charge is 0.273 e. The predicted octanol–water partition coefficient (Wildman–Crippen LogP) is 3.35. The maximum Gasteiger partial charge on any atom is 3.00 e. The van der Waals surface area contributed by atoms with E-state index in [1.54, 1.807) is 0 Å². The Morgan fingerprint density at radius 3 is 2.62 bits per heavy atom. The van der Waals surface area contributed by atoms with Crippen molar-refractivity contribution in [2.75, 3.05) is 0 Å². The molecule has 0 aliphatic heterocycles. The normalized spacial score (nSPS) is 11.4. The molecule has 0 spiro atoms. The Kier molecular flexibility index (Phi) is 7.18. The van der Waals surface area contributed by atoms with Crippen LogP contribution in [0.3, 0.4) is 0 Å². The van der Waals surface area contributed by atoms with Crippen LogP contribution in [-0.4, -0.2) is 0 Å². The molecular formula is C12H12Fe+. The van der Waals surface area contributed by atoms with Crippen molar-refractivity contribution in [3.8, 4) is 0 Å². The monoisotopic (exact) mass is 212 g/mol. The van der Waals surface area contributed by atoms with Crippen LogP contribution in [0.1, 0.15) is 12.0 Å². The molecule has 0 unspecified atom stereocenters. The second-order valence-electron chi connectivity index (χ2n) is 2.43. The quantitative estimate of drug-likeness (QED) is 0.494. The zero-order valence-corrected chi connectivity index (χ0v) is 8.49. The van der Waals surface area contributed by atoms with E-state index >= 15 is 0 Å². The third-order valence-corrected chi connectivity index (χ3v) is 1.51. The van der Waals surface area contributed by atoms with Crippen LogP contribution < -0.4 is 0 Å². The van der Waals surface area contributed by atoms with Gasteiger partial charge in [0.2, 0.25) is 0 Å². The summed E-state index contributed by atoms with van der Waals surface area (Å²) < 4.78 is 0. The SMILES string of the molecule is C=Cc1cc[cH-]c1.[C-]1=CC=CC1.[Fe+3]. The Hall–Kier alpha value is -0.911. The van der Waals surface area contributed by atoms with Gasteiger partial charge in [-0.3, -0.25) is 6.08 Å². The van der Waals surface area contributed by atoms with E-state index in [1.807, 2.05) is 42.5 Å².